The van der Waals surface area contributed by atoms with Crippen molar-refractivity contribution in [3.8, 4) is 0 Å². The molecule has 0 fully saturated rings. The largest absolute Gasteiger partial charge is 0.356 e. The normalized spacial score (nSPS) is 14.3. The van der Waals surface area contributed by atoms with Crippen LogP contribution in [-0.4, -0.2) is 44.0 Å². The van der Waals surface area contributed by atoms with Crippen molar-refractivity contribution in [2.45, 2.75) is 13.0 Å². The third-order valence-corrected chi connectivity index (χ3v) is 2.96. The van der Waals surface area contributed by atoms with E-state index in [-0.39, 0.29) is 5.91 Å². The Morgan fingerprint density at radius 3 is 2.68 bits per heavy atom. The first kappa shape index (κ1) is 13.4. The van der Waals surface area contributed by atoms with E-state index in [1.807, 2.05) is 24.3 Å². The van der Waals surface area contributed by atoms with Gasteiger partial charge in [-0.3, -0.25) is 9.79 Å². The fourth-order valence-corrected chi connectivity index (χ4v) is 1.86. The van der Waals surface area contributed by atoms with Crippen molar-refractivity contribution in [2.75, 3.05) is 27.2 Å². The zero-order chi connectivity index (χ0) is 13.7. The second-order valence-corrected chi connectivity index (χ2v) is 4.76. The van der Waals surface area contributed by atoms with Crippen LogP contribution >= 0.6 is 0 Å². The molecule has 5 heteroatoms. The summed E-state index contributed by atoms with van der Waals surface area (Å²) in [5.41, 5.74) is 1.84. The molecule has 102 valence electrons. The average Bonchev–Trinajstić information content (AvgIpc) is 2.46. The first-order chi connectivity index (χ1) is 9.16. The number of nitrogens with one attached hydrogen (secondary N) is 2. The molecule has 1 aliphatic rings. The fraction of sp³-hybridized carbons (Fsp3) is 0.429. The molecule has 1 aliphatic heterocycles. The molecule has 0 atom stereocenters. The zero-order valence-corrected chi connectivity index (χ0v) is 11.4. The summed E-state index contributed by atoms with van der Waals surface area (Å²) >= 11 is 0. The Labute approximate surface area is 113 Å². The highest BCUT2D eigenvalue weighted by Crippen LogP contribution is 2.06. The quantitative estimate of drug-likeness (QED) is 0.846. The van der Waals surface area contributed by atoms with E-state index in [9.17, 15) is 4.79 Å². The van der Waals surface area contributed by atoms with Gasteiger partial charge < -0.3 is 15.5 Å². The second-order valence-electron chi connectivity index (χ2n) is 4.76. The fourth-order valence-electron chi connectivity index (χ4n) is 1.86. The van der Waals surface area contributed by atoms with E-state index >= 15 is 0 Å². The lowest BCUT2D eigenvalue weighted by atomic mass is 10.1. The van der Waals surface area contributed by atoms with Crippen LogP contribution in [0.3, 0.4) is 0 Å². The van der Waals surface area contributed by atoms with Gasteiger partial charge in [0, 0.05) is 39.3 Å². The minimum absolute atomic E-state index is 0.0258. The van der Waals surface area contributed by atoms with Crippen LogP contribution in [0.15, 0.2) is 29.3 Å². The maximum absolute atomic E-state index is 11.7. The molecule has 0 aliphatic carbocycles. The van der Waals surface area contributed by atoms with Gasteiger partial charge in [-0.15, -0.1) is 0 Å². The number of carbonyl (C=O) groups is 1. The topological polar surface area (TPSA) is 56.7 Å². The Bertz CT molecular complexity index is 465. The van der Waals surface area contributed by atoms with Crippen LogP contribution in [-0.2, 0) is 6.54 Å². The van der Waals surface area contributed by atoms with Gasteiger partial charge in [0.05, 0.1) is 0 Å². The van der Waals surface area contributed by atoms with Crippen LogP contribution in [0, 0.1) is 0 Å². The molecular weight excluding hydrogens is 240 g/mol. The zero-order valence-electron chi connectivity index (χ0n) is 11.4. The Morgan fingerprint density at radius 2 is 2.11 bits per heavy atom. The molecule has 0 bridgehead atoms. The van der Waals surface area contributed by atoms with Crippen molar-refractivity contribution in [3.63, 3.8) is 0 Å². The molecule has 0 spiro atoms. The van der Waals surface area contributed by atoms with Gasteiger partial charge in [-0.1, -0.05) is 12.1 Å². The minimum Gasteiger partial charge on any atom is -0.356 e. The van der Waals surface area contributed by atoms with Crippen molar-refractivity contribution in [1.82, 2.24) is 15.5 Å². The monoisotopic (exact) mass is 260 g/mol. The van der Waals surface area contributed by atoms with Crippen molar-refractivity contribution in [1.29, 1.82) is 0 Å². The summed E-state index contributed by atoms with van der Waals surface area (Å²) < 4.78 is 0. The Balaban J connectivity index is 1.91. The summed E-state index contributed by atoms with van der Waals surface area (Å²) in [6.45, 7) is 2.57. The number of carbonyl (C=O) groups excluding carboxylic acids is 1. The molecule has 2 N–H and O–H groups in total. The van der Waals surface area contributed by atoms with Crippen molar-refractivity contribution >= 4 is 11.9 Å². The summed E-state index contributed by atoms with van der Waals surface area (Å²) in [6, 6.07) is 7.64. The predicted octanol–water partition coefficient (Wildman–Crippen LogP) is 0.827. The van der Waals surface area contributed by atoms with Gasteiger partial charge in [0.25, 0.3) is 5.91 Å². The number of nitrogens with zero attached hydrogens (tertiary/aromatic N) is 2. The van der Waals surface area contributed by atoms with Gasteiger partial charge in [0.15, 0.2) is 5.96 Å². The Kier molecular flexibility index (Phi) is 4.39. The maximum atomic E-state index is 11.7. The van der Waals surface area contributed by atoms with Gasteiger partial charge in [0.1, 0.15) is 0 Å². The van der Waals surface area contributed by atoms with Crippen LogP contribution in [0.2, 0.25) is 0 Å². The average molecular weight is 260 g/mol. The van der Waals surface area contributed by atoms with E-state index in [1.165, 1.54) is 0 Å². The summed E-state index contributed by atoms with van der Waals surface area (Å²) in [4.78, 5) is 17.7. The molecule has 1 aromatic rings. The number of benzene rings is 1. The van der Waals surface area contributed by atoms with Crippen molar-refractivity contribution < 1.29 is 4.79 Å². The number of hydrogen-bond acceptors (Lipinski definition) is 4. The molecule has 0 saturated carbocycles. The van der Waals surface area contributed by atoms with E-state index in [2.05, 4.69) is 15.6 Å². The summed E-state index contributed by atoms with van der Waals surface area (Å²) in [7, 11) is 3.51. The van der Waals surface area contributed by atoms with E-state index < -0.39 is 0 Å². The smallest absolute Gasteiger partial charge is 0.253 e. The first-order valence-corrected chi connectivity index (χ1v) is 6.49. The molecule has 1 aromatic carbocycles. The lowest BCUT2D eigenvalue weighted by molar-refractivity contribution is 0.0827. The van der Waals surface area contributed by atoms with Gasteiger partial charge in [0.2, 0.25) is 0 Å². The molecule has 0 unspecified atom stereocenters. The van der Waals surface area contributed by atoms with Crippen LogP contribution in [0.25, 0.3) is 0 Å². The lowest BCUT2D eigenvalue weighted by Crippen LogP contribution is -2.40. The third kappa shape index (κ3) is 3.71. The molecule has 5 nitrogen and oxygen atoms in total. The van der Waals surface area contributed by atoms with E-state index in [4.69, 9.17) is 0 Å². The van der Waals surface area contributed by atoms with Crippen molar-refractivity contribution in [2.24, 2.45) is 4.99 Å². The van der Waals surface area contributed by atoms with Gasteiger partial charge in [-0.05, 0) is 24.1 Å². The first-order valence-electron chi connectivity index (χ1n) is 6.49. The maximum Gasteiger partial charge on any atom is 0.253 e. The molecule has 1 amide bonds. The van der Waals surface area contributed by atoms with Crippen LogP contribution in [0.5, 0.6) is 0 Å². The molecule has 0 saturated heterocycles. The Morgan fingerprint density at radius 1 is 1.37 bits per heavy atom. The SMILES string of the molecule is CN(C)C(=O)c1ccc(CNC2=NCCCN2)cc1. The number of rotatable bonds is 3. The van der Waals surface area contributed by atoms with Crippen LogP contribution in [0.1, 0.15) is 22.3 Å². The van der Waals surface area contributed by atoms with Crippen molar-refractivity contribution in [3.05, 3.63) is 35.4 Å². The highest BCUT2D eigenvalue weighted by molar-refractivity contribution is 5.93. The van der Waals surface area contributed by atoms with Crippen LogP contribution in [0.4, 0.5) is 0 Å². The van der Waals surface area contributed by atoms with E-state index in [0.717, 1.165) is 31.0 Å². The summed E-state index contributed by atoms with van der Waals surface area (Å²) in [5, 5.41) is 6.46. The lowest BCUT2D eigenvalue weighted by Gasteiger charge is -2.16. The number of guanidine groups is 1. The third-order valence-electron chi connectivity index (χ3n) is 2.96. The molecule has 2 rings (SSSR count). The Hall–Kier alpha value is -2.04. The highest BCUT2D eigenvalue weighted by Gasteiger charge is 2.07. The summed E-state index contributed by atoms with van der Waals surface area (Å²) in [6.07, 6.45) is 1.09. The van der Waals surface area contributed by atoms with Crippen LogP contribution < -0.4 is 10.6 Å². The predicted molar refractivity (Wildman–Crippen MR) is 76.2 cm³/mol. The molecule has 1 heterocycles. The number of amides is 1. The van der Waals surface area contributed by atoms with E-state index in [1.54, 1.807) is 19.0 Å². The summed E-state index contributed by atoms with van der Waals surface area (Å²) in [5.74, 6) is 0.887. The molecule has 0 aromatic heterocycles. The van der Waals surface area contributed by atoms with Gasteiger partial charge in [-0.25, -0.2) is 0 Å². The standard InChI is InChI=1S/C14H20N4O/c1-18(2)13(19)12-6-4-11(5-7-12)10-17-14-15-8-3-9-16-14/h4-7H,3,8-10H2,1-2H3,(H2,15,16,17). The molecule has 19 heavy (non-hydrogen) atoms. The number of aliphatic imine (C=N–C) groups is 1. The van der Waals surface area contributed by atoms with Gasteiger partial charge in [-0.2, -0.15) is 0 Å². The molecule has 0 radical (unpaired) electrons. The van der Waals surface area contributed by atoms with Gasteiger partial charge >= 0.3 is 0 Å². The van der Waals surface area contributed by atoms with E-state index in [0.29, 0.717) is 12.1 Å². The minimum atomic E-state index is 0.0258. The highest BCUT2D eigenvalue weighted by atomic mass is 16.2. The second kappa shape index (κ2) is 6.22. The molecular formula is C14H20N4O. The number of hydrogen-bond donors (Lipinski definition) is 2.